The van der Waals surface area contributed by atoms with Gasteiger partial charge in [0.25, 0.3) is 0 Å². The molecule has 1 aliphatic carbocycles. The highest BCUT2D eigenvalue weighted by atomic mass is 14.7. The number of rotatable bonds is 5. The van der Waals surface area contributed by atoms with Crippen molar-refractivity contribution in [3.8, 4) is 0 Å². The molecule has 12 heavy (non-hydrogen) atoms. The smallest absolute Gasteiger partial charge is 0.00699 e. The highest BCUT2D eigenvalue weighted by molar-refractivity contribution is 4.95. The maximum Gasteiger partial charge on any atom is 0.00699 e. The van der Waals surface area contributed by atoms with Gasteiger partial charge >= 0.3 is 0 Å². The highest BCUT2D eigenvalue weighted by Gasteiger charge is 2.43. The van der Waals surface area contributed by atoms with Crippen molar-refractivity contribution in [1.82, 2.24) is 0 Å². The summed E-state index contributed by atoms with van der Waals surface area (Å²) in [7, 11) is 0. The minimum Gasteiger partial charge on any atom is -0.327 e. The fourth-order valence-electron chi connectivity index (χ4n) is 2.23. The van der Waals surface area contributed by atoms with Crippen LogP contribution in [0.1, 0.15) is 46.5 Å². The fourth-order valence-corrected chi connectivity index (χ4v) is 2.23. The van der Waals surface area contributed by atoms with Crippen LogP contribution in [0.5, 0.6) is 0 Å². The van der Waals surface area contributed by atoms with Gasteiger partial charge in [0.1, 0.15) is 0 Å². The summed E-state index contributed by atoms with van der Waals surface area (Å²) in [5.41, 5.74) is 6.07. The van der Waals surface area contributed by atoms with E-state index in [1.54, 1.807) is 0 Å². The third kappa shape index (κ3) is 2.22. The van der Waals surface area contributed by atoms with E-state index in [0.29, 0.717) is 6.04 Å². The Morgan fingerprint density at radius 3 is 2.50 bits per heavy atom. The fraction of sp³-hybridized carbons (Fsp3) is 1.00. The van der Waals surface area contributed by atoms with Crippen LogP contribution in [0.2, 0.25) is 0 Å². The van der Waals surface area contributed by atoms with E-state index >= 15 is 0 Å². The van der Waals surface area contributed by atoms with Gasteiger partial charge in [-0.3, -0.25) is 0 Å². The standard InChI is InChI=1S/C11H23N/c1-4-6-11(12)10-7-9(10)8(3)5-2/h8-11H,4-7,12H2,1-3H3. The van der Waals surface area contributed by atoms with Crippen LogP contribution in [0.15, 0.2) is 0 Å². The van der Waals surface area contributed by atoms with Gasteiger partial charge in [0.2, 0.25) is 0 Å². The van der Waals surface area contributed by atoms with Crippen molar-refractivity contribution in [2.45, 2.75) is 52.5 Å². The van der Waals surface area contributed by atoms with Crippen molar-refractivity contribution in [3.05, 3.63) is 0 Å². The Balaban J connectivity index is 2.22. The predicted octanol–water partition coefficient (Wildman–Crippen LogP) is 2.80. The number of hydrogen-bond acceptors (Lipinski definition) is 1. The molecule has 0 aromatic carbocycles. The summed E-state index contributed by atoms with van der Waals surface area (Å²) in [5.74, 6) is 2.72. The van der Waals surface area contributed by atoms with E-state index in [0.717, 1.165) is 17.8 Å². The summed E-state index contributed by atoms with van der Waals surface area (Å²) < 4.78 is 0. The lowest BCUT2D eigenvalue weighted by Gasteiger charge is -2.12. The van der Waals surface area contributed by atoms with Crippen LogP contribution < -0.4 is 5.73 Å². The van der Waals surface area contributed by atoms with Gasteiger partial charge in [0.05, 0.1) is 0 Å². The van der Waals surface area contributed by atoms with Crippen molar-refractivity contribution < 1.29 is 0 Å². The zero-order chi connectivity index (χ0) is 9.14. The van der Waals surface area contributed by atoms with Gasteiger partial charge in [-0.2, -0.15) is 0 Å². The van der Waals surface area contributed by atoms with E-state index in [9.17, 15) is 0 Å². The molecule has 0 radical (unpaired) electrons. The molecule has 0 saturated heterocycles. The normalized spacial score (nSPS) is 33.0. The van der Waals surface area contributed by atoms with Gasteiger partial charge < -0.3 is 5.73 Å². The van der Waals surface area contributed by atoms with Crippen molar-refractivity contribution in [2.24, 2.45) is 23.5 Å². The van der Waals surface area contributed by atoms with Crippen LogP contribution in [0.3, 0.4) is 0 Å². The quantitative estimate of drug-likeness (QED) is 0.673. The first kappa shape index (κ1) is 10.0. The molecule has 0 heterocycles. The third-order valence-electron chi connectivity index (χ3n) is 3.44. The molecule has 72 valence electrons. The van der Waals surface area contributed by atoms with Crippen LogP contribution >= 0.6 is 0 Å². The monoisotopic (exact) mass is 169 g/mol. The second-order valence-electron chi connectivity index (χ2n) is 4.40. The zero-order valence-electron chi connectivity index (χ0n) is 8.72. The summed E-state index contributed by atoms with van der Waals surface area (Å²) in [5, 5.41) is 0. The maximum absolute atomic E-state index is 6.07. The molecule has 4 atom stereocenters. The van der Waals surface area contributed by atoms with Crippen molar-refractivity contribution in [3.63, 3.8) is 0 Å². The average molecular weight is 169 g/mol. The van der Waals surface area contributed by atoms with Gasteiger partial charge in [-0.05, 0) is 30.6 Å². The Bertz CT molecular complexity index is 133. The number of hydrogen-bond donors (Lipinski definition) is 1. The van der Waals surface area contributed by atoms with E-state index in [4.69, 9.17) is 5.73 Å². The number of nitrogens with two attached hydrogens (primary N) is 1. The maximum atomic E-state index is 6.07. The molecule has 0 amide bonds. The lowest BCUT2D eigenvalue weighted by molar-refractivity contribution is 0.419. The van der Waals surface area contributed by atoms with Gasteiger partial charge in [-0.1, -0.05) is 33.6 Å². The average Bonchev–Trinajstić information content (AvgIpc) is 2.82. The summed E-state index contributed by atoms with van der Waals surface area (Å²) in [6.07, 6.45) is 5.18. The van der Waals surface area contributed by atoms with Gasteiger partial charge in [0, 0.05) is 6.04 Å². The molecule has 4 unspecified atom stereocenters. The Morgan fingerprint density at radius 1 is 1.33 bits per heavy atom. The van der Waals surface area contributed by atoms with E-state index in [1.165, 1.54) is 25.7 Å². The zero-order valence-corrected chi connectivity index (χ0v) is 8.72. The Morgan fingerprint density at radius 2 is 2.00 bits per heavy atom. The molecule has 0 aromatic rings. The Hall–Kier alpha value is -0.0400. The summed E-state index contributed by atoms with van der Waals surface area (Å²) >= 11 is 0. The molecule has 1 fully saturated rings. The molecular formula is C11H23N. The second kappa shape index (κ2) is 4.27. The first-order valence-electron chi connectivity index (χ1n) is 5.46. The van der Waals surface area contributed by atoms with E-state index in [1.807, 2.05) is 0 Å². The molecule has 1 rings (SSSR count). The van der Waals surface area contributed by atoms with Gasteiger partial charge in [-0.15, -0.1) is 0 Å². The minimum absolute atomic E-state index is 0.494. The molecular weight excluding hydrogens is 146 g/mol. The van der Waals surface area contributed by atoms with E-state index in [-0.39, 0.29) is 0 Å². The summed E-state index contributed by atoms with van der Waals surface area (Å²) in [6.45, 7) is 6.87. The lowest BCUT2D eigenvalue weighted by Crippen LogP contribution is -2.23. The molecule has 1 nitrogen and oxygen atoms in total. The first-order valence-corrected chi connectivity index (χ1v) is 5.46. The van der Waals surface area contributed by atoms with Crippen molar-refractivity contribution in [1.29, 1.82) is 0 Å². The van der Waals surface area contributed by atoms with Gasteiger partial charge in [0.15, 0.2) is 0 Å². The van der Waals surface area contributed by atoms with Crippen LogP contribution in [-0.4, -0.2) is 6.04 Å². The lowest BCUT2D eigenvalue weighted by atomic mass is 9.98. The molecule has 1 heteroatoms. The van der Waals surface area contributed by atoms with E-state index in [2.05, 4.69) is 20.8 Å². The van der Waals surface area contributed by atoms with Crippen molar-refractivity contribution in [2.75, 3.05) is 0 Å². The van der Waals surface area contributed by atoms with Crippen LogP contribution in [0.4, 0.5) is 0 Å². The van der Waals surface area contributed by atoms with Crippen LogP contribution in [0.25, 0.3) is 0 Å². The SMILES string of the molecule is CCCC(N)C1CC1C(C)CC. The Labute approximate surface area is 76.7 Å². The molecule has 1 saturated carbocycles. The first-order chi connectivity index (χ1) is 5.70. The van der Waals surface area contributed by atoms with Crippen LogP contribution in [0, 0.1) is 17.8 Å². The summed E-state index contributed by atoms with van der Waals surface area (Å²) in [4.78, 5) is 0. The molecule has 2 N–H and O–H groups in total. The summed E-state index contributed by atoms with van der Waals surface area (Å²) in [6, 6.07) is 0.494. The molecule has 0 bridgehead atoms. The Kier molecular flexibility index (Phi) is 3.57. The molecule has 0 spiro atoms. The largest absolute Gasteiger partial charge is 0.327 e. The second-order valence-corrected chi connectivity index (χ2v) is 4.40. The predicted molar refractivity (Wildman–Crippen MR) is 53.9 cm³/mol. The third-order valence-corrected chi connectivity index (χ3v) is 3.44. The van der Waals surface area contributed by atoms with E-state index < -0.39 is 0 Å². The molecule has 1 aliphatic rings. The molecule has 0 aliphatic heterocycles. The minimum atomic E-state index is 0.494. The van der Waals surface area contributed by atoms with Gasteiger partial charge in [-0.25, -0.2) is 0 Å². The molecule has 0 aromatic heterocycles. The topological polar surface area (TPSA) is 26.0 Å². The van der Waals surface area contributed by atoms with Crippen molar-refractivity contribution >= 4 is 0 Å². The van der Waals surface area contributed by atoms with Crippen LogP contribution in [-0.2, 0) is 0 Å². The highest BCUT2D eigenvalue weighted by Crippen LogP contribution is 2.47.